The number of aliphatic hydroxyl groups excluding tert-OH is 1. The normalized spacial score (nSPS) is 12.0. The van der Waals surface area contributed by atoms with Crippen LogP contribution in [-0.4, -0.2) is 24.2 Å². The number of rotatable bonds is 6. The highest BCUT2D eigenvalue weighted by molar-refractivity contribution is 6.32. The summed E-state index contributed by atoms with van der Waals surface area (Å²) in [6.07, 6.45) is 0.305. The van der Waals surface area contributed by atoms with Crippen molar-refractivity contribution >= 4 is 17.5 Å². The zero-order chi connectivity index (χ0) is 13.5. The molecule has 0 radical (unpaired) electrons. The minimum absolute atomic E-state index is 0.0618. The van der Waals surface area contributed by atoms with Gasteiger partial charge in [-0.05, 0) is 31.0 Å². The van der Waals surface area contributed by atoms with Crippen LogP contribution >= 0.6 is 11.6 Å². The van der Waals surface area contributed by atoms with Gasteiger partial charge < -0.3 is 15.2 Å². The summed E-state index contributed by atoms with van der Waals surface area (Å²) in [6.45, 7) is 4.21. The second-order valence-electron chi connectivity index (χ2n) is 4.00. The number of benzene rings is 1. The van der Waals surface area contributed by atoms with E-state index in [-0.39, 0.29) is 12.5 Å². The van der Waals surface area contributed by atoms with Gasteiger partial charge in [0.25, 0.3) is 5.91 Å². The molecule has 1 aromatic rings. The lowest BCUT2D eigenvalue weighted by Gasteiger charge is -2.10. The Kier molecular flexibility index (Phi) is 5.95. The standard InChI is InChI=1S/C13H18ClNO3/c1-3-6-15-13(17)8-18-12-5-4-10(9(2)16)7-11(12)14/h4-5,7,9,16H,3,6,8H2,1-2H3,(H,15,17)/t9-/m1/s1. The van der Waals surface area contributed by atoms with Gasteiger partial charge in [-0.3, -0.25) is 4.79 Å². The topological polar surface area (TPSA) is 58.6 Å². The zero-order valence-electron chi connectivity index (χ0n) is 10.6. The van der Waals surface area contributed by atoms with Crippen molar-refractivity contribution in [2.45, 2.75) is 26.4 Å². The number of halogens is 1. The van der Waals surface area contributed by atoms with Crippen LogP contribution in [0.15, 0.2) is 18.2 Å². The molecule has 0 bridgehead atoms. The smallest absolute Gasteiger partial charge is 0.257 e. The Morgan fingerprint density at radius 1 is 1.56 bits per heavy atom. The largest absolute Gasteiger partial charge is 0.482 e. The van der Waals surface area contributed by atoms with Gasteiger partial charge in [0.2, 0.25) is 0 Å². The van der Waals surface area contributed by atoms with Crippen molar-refractivity contribution < 1.29 is 14.6 Å². The first-order chi connectivity index (χ1) is 8.54. The van der Waals surface area contributed by atoms with Crippen LogP contribution < -0.4 is 10.1 Å². The first kappa shape index (κ1) is 14.8. The van der Waals surface area contributed by atoms with Crippen molar-refractivity contribution in [1.82, 2.24) is 5.32 Å². The van der Waals surface area contributed by atoms with E-state index < -0.39 is 6.10 Å². The number of nitrogens with one attached hydrogen (secondary N) is 1. The van der Waals surface area contributed by atoms with Crippen LogP contribution in [0.25, 0.3) is 0 Å². The molecule has 0 unspecified atom stereocenters. The Labute approximate surface area is 112 Å². The number of hydrogen-bond donors (Lipinski definition) is 2. The first-order valence-electron chi connectivity index (χ1n) is 5.91. The van der Waals surface area contributed by atoms with E-state index in [0.717, 1.165) is 6.42 Å². The Balaban J connectivity index is 2.55. The maximum atomic E-state index is 11.3. The minimum atomic E-state index is -0.579. The summed E-state index contributed by atoms with van der Waals surface area (Å²) in [5.74, 6) is 0.264. The third kappa shape index (κ3) is 4.55. The fraction of sp³-hybridized carbons (Fsp3) is 0.462. The van der Waals surface area contributed by atoms with E-state index in [1.54, 1.807) is 25.1 Å². The second-order valence-corrected chi connectivity index (χ2v) is 4.41. The van der Waals surface area contributed by atoms with Crippen molar-refractivity contribution in [3.63, 3.8) is 0 Å². The van der Waals surface area contributed by atoms with E-state index in [4.69, 9.17) is 16.3 Å². The number of hydrogen-bond acceptors (Lipinski definition) is 3. The third-order valence-electron chi connectivity index (χ3n) is 2.37. The number of amides is 1. The lowest BCUT2D eigenvalue weighted by atomic mass is 10.1. The molecule has 4 nitrogen and oxygen atoms in total. The molecule has 0 aromatic heterocycles. The summed E-state index contributed by atoms with van der Waals surface area (Å²) in [7, 11) is 0. The Bertz CT molecular complexity index is 407. The SMILES string of the molecule is CCCNC(=O)COc1ccc([C@@H](C)O)cc1Cl. The van der Waals surface area contributed by atoms with Crippen molar-refractivity contribution in [1.29, 1.82) is 0 Å². The van der Waals surface area contributed by atoms with Gasteiger partial charge in [0.1, 0.15) is 5.75 Å². The molecule has 0 heterocycles. The predicted octanol–water partition coefficient (Wildman–Crippen LogP) is 2.30. The third-order valence-corrected chi connectivity index (χ3v) is 2.66. The van der Waals surface area contributed by atoms with E-state index in [1.807, 2.05) is 6.92 Å². The maximum Gasteiger partial charge on any atom is 0.257 e. The molecule has 100 valence electrons. The quantitative estimate of drug-likeness (QED) is 0.835. The molecule has 1 amide bonds. The van der Waals surface area contributed by atoms with Gasteiger partial charge in [-0.15, -0.1) is 0 Å². The predicted molar refractivity (Wildman–Crippen MR) is 70.9 cm³/mol. The molecule has 0 spiro atoms. The summed E-state index contributed by atoms with van der Waals surface area (Å²) in [4.78, 5) is 11.3. The summed E-state index contributed by atoms with van der Waals surface area (Å²) in [6, 6.07) is 5.00. The van der Waals surface area contributed by atoms with Gasteiger partial charge in [0.15, 0.2) is 6.61 Å². The summed E-state index contributed by atoms with van der Waals surface area (Å²) < 4.78 is 5.30. The van der Waals surface area contributed by atoms with Crippen LogP contribution in [0.5, 0.6) is 5.75 Å². The number of ether oxygens (including phenoxy) is 1. The van der Waals surface area contributed by atoms with E-state index in [1.165, 1.54) is 0 Å². The average molecular weight is 272 g/mol. The Morgan fingerprint density at radius 3 is 2.83 bits per heavy atom. The Hall–Kier alpha value is -1.26. The molecular weight excluding hydrogens is 254 g/mol. The molecule has 5 heteroatoms. The molecule has 0 aliphatic heterocycles. The molecular formula is C13H18ClNO3. The van der Waals surface area contributed by atoms with Gasteiger partial charge in [-0.25, -0.2) is 0 Å². The van der Waals surface area contributed by atoms with Crippen LogP contribution in [0.4, 0.5) is 0 Å². The van der Waals surface area contributed by atoms with Crippen LogP contribution in [0.2, 0.25) is 5.02 Å². The van der Waals surface area contributed by atoms with Gasteiger partial charge >= 0.3 is 0 Å². The molecule has 1 atom stereocenters. The highest BCUT2D eigenvalue weighted by Crippen LogP contribution is 2.27. The summed E-state index contributed by atoms with van der Waals surface area (Å²) in [5.41, 5.74) is 0.711. The van der Waals surface area contributed by atoms with Gasteiger partial charge in [0.05, 0.1) is 11.1 Å². The van der Waals surface area contributed by atoms with Gasteiger partial charge in [-0.2, -0.15) is 0 Å². The minimum Gasteiger partial charge on any atom is -0.482 e. The van der Waals surface area contributed by atoms with Crippen molar-refractivity contribution in [3.05, 3.63) is 28.8 Å². The van der Waals surface area contributed by atoms with E-state index in [0.29, 0.717) is 22.9 Å². The van der Waals surface area contributed by atoms with Crippen molar-refractivity contribution in [2.24, 2.45) is 0 Å². The molecule has 18 heavy (non-hydrogen) atoms. The molecule has 2 N–H and O–H groups in total. The summed E-state index contributed by atoms with van der Waals surface area (Å²) >= 11 is 5.99. The van der Waals surface area contributed by atoms with Gasteiger partial charge in [0, 0.05) is 6.54 Å². The molecule has 0 aliphatic rings. The monoisotopic (exact) mass is 271 g/mol. The van der Waals surface area contributed by atoms with Crippen LogP contribution in [0.1, 0.15) is 31.9 Å². The molecule has 0 saturated carbocycles. The van der Waals surface area contributed by atoms with Crippen molar-refractivity contribution in [2.75, 3.05) is 13.2 Å². The molecule has 0 aliphatic carbocycles. The number of aliphatic hydroxyl groups is 1. The summed E-state index contributed by atoms with van der Waals surface area (Å²) in [5, 5.41) is 12.5. The van der Waals surface area contributed by atoms with Crippen molar-refractivity contribution in [3.8, 4) is 5.75 Å². The number of carbonyl (C=O) groups is 1. The zero-order valence-corrected chi connectivity index (χ0v) is 11.3. The highest BCUT2D eigenvalue weighted by Gasteiger charge is 2.08. The van der Waals surface area contributed by atoms with Crippen LogP contribution in [0.3, 0.4) is 0 Å². The highest BCUT2D eigenvalue weighted by atomic mass is 35.5. The lowest BCUT2D eigenvalue weighted by molar-refractivity contribution is -0.123. The second kappa shape index (κ2) is 7.24. The van der Waals surface area contributed by atoms with E-state index in [2.05, 4.69) is 5.32 Å². The lowest BCUT2D eigenvalue weighted by Crippen LogP contribution is -2.29. The van der Waals surface area contributed by atoms with Crippen LogP contribution in [0, 0.1) is 0 Å². The molecule has 0 fully saturated rings. The molecule has 0 saturated heterocycles. The Morgan fingerprint density at radius 2 is 2.28 bits per heavy atom. The van der Waals surface area contributed by atoms with Crippen LogP contribution in [-0.2, 0) is 4.79 Å². The van der Waals surface area contributed by atoms with E-state index in [9.17, 15) is 9.90 Å². The first-order valence-corrected chi connectivity index (χ1v) is 6.29. The fourth-order valence-corrected chi connectivity index (χ4v) is 1.60. The van der Waals surface area contributed by atoms with Gasteiger partial charge in [-0.1, -0.05) is 24.6 Å². The van der Waals surface area contributed by atoms with E-state index >= 15 is 0 Å². The molecule has 1 aromatic carbocycles. The average Bonchev–Trinajstić information content (AvgIpc) is 2.34. The number of carbonyl (C=O) groups excluding carboxylic acids is 1. The maximum absolute atomic E-state index is 11.3. The molecule has 1 rings (SSSR count). The fourth-order valence-electron chi connectivity index (χ4n) is 1.35.